The van der Waals surface area contributed by atoms with Gasteiger partial charge in [-0.1, -0.05) is 0 Å². The fourth-order valence-corrected chi connectivity index (χ4v) is 2.73. The molecule has 0 saturated heterocycles. The summed E-state index contributed by atoms with van der Waals surface area (Å²) in [4.78, 5) is 16.6. The number of amides is 1. The maximum absolute atomic E-state index is 12.6. The molecular weight excluding hydrogens is 264 g/mol. The van der Waals surface area contributed by atoms with E-state index < -0.39 is 0 Å². The summed E-state index contributed by atoms with van der Waals surface area (Å²) in [5, 5.41) is 0. The van der Waals surface area contributed by atoms with Gasteiger partial charge in [0.25, 0.3) is 5.91 Å². The Bertz CT molecular complexity index is 331. The summed E-state index contributed by atoms with van der Waals surface area (Å²) < 4.78 is 5.75. The Kier molecular flexibility index (Phi) is 8.45. The van der Waals surface area contributed by atoms with Crippen molar-refractivity contribution in [3.8, 4) is 0 Å². The van der Waals surface area contributed by atoms with E-state index >= 15 is 0 Å². The van der Waals surface area contributed by atoms with Gasteiger partial charge in [-0.3, -0.25) is 4.79 Å². The predicted octanol–water partition coefficient (Wildman–Crippen LogP) is 3.63. The fourth-order valence-electron chi connectivity index (χ4n) is 2.73. The van der Waals surface area contributed by atoms with Crippen LogP contribution in [0.5, 0.6) is 0 Å². The van der Waals surface area contributed by atoms with E-state index in [1.54, 1.807) is 6.08 Å². The Morgan fingerprint density at radius 3 is 1.52 bits per heavy atom. The van der Waals surface area contributed by atoms with Crippen molar-refractivity contribution in [2.24, 2.45) is 0 Å². The number of hydrogen-bond acceptors (Lipinski definition) is 3. The number of carbonyl (C=O) groups is 1. The molecule has 0 aromatic rings. The largest absolute Gasteiger partial charge is 0.479 e. The first-order chi connectivity index (χ1) is 9.63. The van der Waals surface area contributed by atoms with Crippen LogP contribution in [0.25, 0.3) is 0 Å². The zero-order chi connectivity index (χ0) is 16.7. The van der Waals surface area contributed by atoms with Crippen LogP contribution in [0.2, 0.25) is 0 Å². The molecule has 0 bridgehead atoms. The Balaban J connectivity index is 5.48. The van der Waals surface area contributed by atoms with Gasteiger partial charge in [0, 0.05) is 24.2 Å². The minimum absolute atomic E-state index is 0.00903. The van der Waals surface area contributed by atoms with E-state index in [1.807, 2.05) is 39.5 Å². The van der Waals surface area contributed by atoms with E-state index in [9.17, 15) is 4.79 Å². The van der Waals surface area contributed by atoms with E-state index in [0.29, 0.717) is 12.5 Å². The second-order valence-corrected chi connectivity index (χ2v) is 6.44. The molecule has 0 aliphatic heterocycles. The van der Waals surface area contributed by atoms with E-state index in [2.05, 4.69) is 32.6 Å². The number of ether oxygens (including phenoxy) is 1. The smallest absolute Gasteiger partial charge is 0.252 e. The van der Waals surface area contributed by atoms with Gasteiger partial charge < -0.3 is 14.5 Å². The van der Waals surface area contributed by atoms with Crippen LogP contribution in [0.15, 0.2) is 12.0 Å². The lowest BCUT2D eigenvalue weighted by Crippen LogP contribution is -2.43. The zero-order valence-electron chi connectivity index (χ0n) is 15.3. The molecule has 0 unspecified atom stereocenters. The summed E-state index contributed by atoms with van der Waals surface area (Å²) in [6.45, 7) is 19.1. The van der Waals surface area contributed by atoms with E-state index in [1.165, 1.54) is 0 Å². The Morgan fingerprint density at radius 1 is 0.857 bits per heavy atom. The third kappa shape index (κ3) is 5.98. The van der Waals surface area contributed by atoms with Gasteiger partial charge in [-0.2, -0.15) is 0 Å². The van der Waals surface area contributed by atoms with Gasteiger partial charge in [0.05, 0.1) is 12.7 Å². The highest BCUT2D eigenvalue weighted by Gasteiger charge is 2.23. The molecule has 0 aliphatic carbocycles. The molecule has 0 rings (SSSR count). The normalized spacial score (nSPS) is 12.5. The van der Waals surface area contributed by atoms with Gasteiger partial charge in [0.1, 0.15) is 0 Å². The molecule has 0 fully saturated rings. The van der Waals surface area contributed by atoms with Crippen LogP contribution in [0.3, 0.4) is 0 Å². The van der Waals surface area contributed by atoms with Crippen molar-refractivity contribution in [3.63, 3.8) is 0 Å². The summed E-state index contributed by atoms with van der Waals surface area (Å²) in [6, 6.07) is 0.899. The van der Waals surface area contributed by atoms with Gasteiger partial charge in [-0.25, -0.2) is 0 Å². The van der Waals surface area contributed by atoms with Crippen LogP contribution < -0.4 is 0 Å². The summed E-state index contributed by atoms with van der Waals surface area (Å²) in [6.07, 6.45) is 1.64. The standard InChI is InChI=1S/C17H34N2O2/c1-10-21-17(19(14(6)7)15(8)9)11-16(20)18(12(2)3)13(4)5/h11-15H,10H2,1-9H3/b17-11+. The SMILES string of the molecule is CCO/C(=C/C(=O)N(C(C)C)C(C)C)N(C(C)C)C(C)C. The Hall–Kier alpha value is -1.19. The maximum atomic E-state index is 12.6. The summed E-state index contributed by atoms with van der Waals surface area (Å²) in [5.74, 6) is 0.675. The number of carbonyl (C=O) groups excluding carboxylic acids is 1. The Labute approximate surface area is 131 Å². The highest BCUT2D eigenvalue weighted by atomic mass is 16.5. The molecule has 4 nitrogen and oxygen atoms in total. The lowest BCUT2D eigenvalue weighted by atomic mass is 10.2. The second-order valence-electron chi connectivity index (χ2n) is 6.44. The fraction of sp³-hybridized carbons (Fsp3) is 0.824. The lowest BCUT2D eigenvalue weighted by Gasteiger charge is -2.35. The van der Waals surface area contributed by atoms with E-state index in [0.717, 1.165) is 0 Å². The van der Waals surface area contributed by atoms with E-state index in [4.69, 9.17) is 4.74 Å². The molecule has 0 aromatic heterocycles. The predicted molar refractivity (Wildman–Crippen MR) is 88.9 cm³/mol. The third-order valence-electron chi connectivity index (χ3n) is 3.27. The summed E-state index contributed by atoms with van der Waals surface area (Å²) in [5.41, 5.74) is 0. The van der Waals surface area contributed by atoms with Crippen molar-refractivity contribution in [1.82, 2.24) is 9.80 Å². The molecule has 0 saturated carbocycles. The molecule has 0 spiro atoms. The van der Waals surface area contributed by atoms with Gasteiger partial charge >= 0.3 is 0 Å². The highest BCUT2D eigenvalue weighted by molar-refractivity contribution is 5.88. The molecular formula is C17H34N2O2. The Morgan fingerprint density at radius 2 is 1.24 bits per heavy atom. The second kappa shape index (κ2) is 8.96. The van der Waals surface area contributed by atoms with Gasteiger partial charge in [0.15, 0.2) is 5.88 Å². The molecule has 0 aromatic carbocycles. The lowest BCUT2D eigenvalue weighted by molar-refractivity contribution is -0.129. The molecule has 124 valence electrons. The molecule has 0 aliphatic rings. The van der Waals surface area contributed by atoms with Gasteiger partial charge in [-0.05, 0) is 62.3 Å². The minimum Gasteiger partial charge on any atom is -0.479 e. The summed E-state index contributed by atoms with van der Waals surface area (Å²) in [7, 11) is 0. The van der Waals surface area contributed by atoms with Gasteiger partial charge in [0.2, 0.25) is 0 Å². The third-order valence-corrected chi connectivity index (χ3v) is 3.27. The first-order valence-electron chi connectivity index (χ1n) is 8.08. The molecule has 4 heteroatoms. The van der Waals surface area contributed by atoms with Crippen LogP contribution in [0, 0.1) is 0 Å². The van der Waals surface area contributed by atoms with Crippen molar-refractivity contribution >= 4 is 5.91 Å². The zero-order valence-corrected chi connectivity index (χ0v) is 15.3. The first kappa shape index (κ1) is 19.8. The van der Waals surface area contributed by atoms with Crippen molar-refractivity contribution in [2.75, 3.05) is 6.61 Å². The van der Waals surface area contributed by atoms with Gasteiger partial charge in [-0.15, -0.1) is 0 Å². The van der Waals surface area contributed by atoms with E-state index in [-0.39, 0.29) is 30.1 Å². The first-order valence-corrected chi connectivity index (χ1v) is 8.08. The number of rotatable bonds is 8. The topological polar surface area (TPSA) is 32.8 Å². The maximum Gasteiger partial charge on any atom is 0.252 e. The van der Waals surface area contributed by atoms with Crippen LogP contribution in [-0.2, 0) is 9.53 Å². The van der Waals surface area contributed by atoms with Crippen molar-refractivity contribution in [1.29, 1.82) is 0 Å². The van der Waals surface area contributed by atoms with Crippen LogP contribution in [0.4, 0.5) is 0 Å². The van der Waals surface area contributed by atoms with Crippen molar-refractivity contribution in [3.05, 3.63) is 12.0 Å². The molecule has 0 radical (unpaired) electrons. The minimum atomic E-state index is 0.00903. The molecule has 0 heterocycles. The van der Waals surface area contributed by atoms with Crippen molar-refractivity contribution < 1.29 is 9.53 Å². The number of nitrogens with zero attached hydrogens (tertiary/aromatic N) is 2. The average molecular weight is 298 g/mol. The monoisotopic (exact) mass is 298 g/mol. The average Bonchev–Trinajstić information content (AvgIpc) is 2.26. The highest BCUT2D eigenvalue weighted by Crippen LogP contribution is 2.17. The van der Waals surface area contributed by atoms with Crippen LogP contribution in [-0.4, -0.2) is 46.5 Å². The molecule has 0 atom stereocenters. The summed E-state index contributed by atoms with van der Waals surface area (Å²) >= 11 is 0. The quantitative estimate of drug-likeness (QED) is 0.507. The molecule has 0 N–H and O–H groups in total. The molecule has 21 heavy (non-hydrogen) atoms. The van der Waals surface area contributed by atoms with Crippen molar-refractivity contribution in [2.45, 2.75) is 86.5 Å². The number of hydrogen-bond donors (Lipinski definition) is 0. The molecule has 1 amide bonds. The van der Waals surface area contributed by atoms with Crippen LogP contribution in [0.1, 0.15) is 62.3 Å². The van der Waals surface area contributed by atoms with Crippen LogP contribution >= 0.6 is 0 Å².